The maximum atomic E-state index is 11.9. The molecule has 0 aliphatic heterocycles. The SMILES string of the molecule is Cc1ccc(C(=O)NCCNc2cnc(C)c(C)n2)cc1. The maximum Gasteiger partial charge on any atom is 0.251 e. The van der Waals surface area contributed by atoms with Gasteiger partial charge in [0.1, 0.15) is 5.82 Å². The van der Waals surface area contributed by atoms with Gasteiger partial charge in [-0.15, -0.1) is 0 Å². The molecule has 0 saturated heterocycles. The number of aryl methyl sites for hydroxylation is 3. The predicted octanol–water partition coefficient (Wildman–Crippen LogP) is 2.24. The van der Waals surface area contributed by atoms with E-state index in [0.717, 1.165) is 22.8 Å². The second kappa shape index (κ2) is 6.83. The molecule has 1 heterocycles. The Kier molecular flexibility index (Phi) is 4.87. The maximum absolute atomic E-state index is 11.9. The van der Waals surface area contributed by atoms with Crippen molar-refractivity contribution >= 4 is 11.7 Å². The fourth-order valence-corrected chi connectivity index (χ4v) is 1.80. The lowest BCUT2D eigenvalue weighted by atomic mass is 10.1. The molecule has 1 aromatic carbocycles. The molecule has 0 fully saturated rings. The Hall–Kier alpha value is -2.43. The summed E-state index contributed by atoms with van der Waals surface area (Å²) in [5, 5.41) is 6.01. The average molecular weight is 284 g/mol. The first-order valence-corrected chi connectivity index (χ1v) is 6.95. The van der Waals surface area contributed by atoms with Crippen LogP contribution in [0.3, 0.4) is 0 Å². The lowest BCUT2D eigenvalue weighted by molar-refractivity contribution is 0.0955. The van der Waals surface area contributed by atoms with Crippen molar-refractivity contribution in [1.29, 1.82) is 0 Å². The van der Waals surface area contributed by atoms with Crippen molar-refractivity contribution in [1.82, 2.24) is 15.3 Å². The number of benzene rings is 1. The van der Waals surface area contributed by atoms with Gasteiger partial charge in [0, 0.05) is 18.7 Å². The smallest absolute Gasteiger partial charge is 0.251 e. The van der Waals surface area contributed by atoms with Crippen molar-refractivity contribution in [3.8, 4) is 0 Å². The Bertz CT molecular complexity index is 623. The summed E-state index contributed by atoms with van der Waals surface area (Å²) in [5.74, 6) is 0.658. The summed E-state index contributed by atoms with van der Waals surface area (Å²) in [7, 11) is 0. The molecule has 2 rings (SSSR count). The van der Waals surface area contributed by atoms with E-state index in [-0.39, 0.29) is 5.91 Å². The van der Waals surface area contributed by atoms with Crippen LogP contribution in [0.1, 0.15) is 27.3 Å². The quantitative estimate of drug-likeness (QED) is 0.826. The summed E-state index contributed by atoms with van der Waals surface area (Å²) in [6.07, 6.45) is 1.70. The molecular weight excluding hydrogens is 264 g/mol. The molecule has 1 aromatic heterocycles. The van der Waals surface area contributed by atoms with Crippen molar-refractivity contribution in [2.75, 3.05) is 18.4 Å². The molecule has 110 valence electrons. The van der Waals surface area contributed by atoms with Gasteiger partial charge in [0.25, 0.3) is 5.91 Å². The van der Waals surface area contributed by atoms with E-state index in [9.17, 15) is 4.79 Å². The topological polar surface area (TPSA) is 66.9 Å². The molecule has 0 aliphatic carbocycles. The van der Waals surface area contributed by atoms with Crippen LogP contribution in [0.2, 0.25) is 0 Å². The van der Waals surface area contributed by atoms with E-state index in [1.807, 2.05) is 45.0 Å². The van der Waals surface area contributed by atoms with Crippen molar-refractivity contribution in [2.45, 2.75) is 20.8 Å². The van der Waals surface area contributed by atoms with Crippen LogP contribution in [0.25, 0.3) is 0 Å². The van der Waals surface area contributed by atoms with Crippen LogP contribution in [0, 0.1) is 20.8 Å². The van der Waals surface area contributed by atoms with Gasteiger partial charge in [-0.1, -0.05) is 17.7 Å². The molecule has 0 aliphatic rings. The number of hydrogen-bond donors (Lipinski definition) is 2. The number of nitrogens with one attached hydrogen (secondary N) is 2. The van der Waals surface area contributed by atoms with Gasteiger partial charge in [-0.05, 0) is 32.9 Å². The first kappa shape index (κ1) is 15.0. The Morgan fingerprint density at radius 2 is 1.76 bits per heavy atom. The minimum atomic E-state index is -0.0667. The lowest BCUT2D eigenvalue weighted by Gasteiger charge is -2.08. The highest BCUT2D eigenvalue weighted by atomic mass is 16.1. The first-order chi connectivity index (χ1) is 10.1. The van der Waals surface area contributed by atoms with Crippen LogP contribution in [0.15, 0.2) is 30.5 Å². The summed E-state index contributed by atoms with van der Waals surface area (Å²) in [5.41, 5.74) is 3.64. The van der Waals surface area contributed by atoms with Gasteiger partial charge in [-0.2, -0.15) is 0 Å². The number of amides is 1. The van der Waals surface area contributed by atoms with E-state index in [0.29, 0.717) is 18.7 Å². The van der Waals surface area contributed by atoms with Gasteiger partial charge in [0.15, 0.2) is 0 Å². The monoisotopic (exact) mass is 284 g/mol. The van der Waals surface area contributed by atoms with E-state index >= 15 is 0 Å². The van der Waals surface area contributed by atoms with E-state index < -0.39 is 0 Å². The van der Waals surface area contributed by atoms with Gasteiger partial charge in [0.2, 0.25) is 0 Å². The first-order valence-electron chi connectivity index (χ1n) is 6.95. The number of carbonyl (C=O) groups is 1. The van der Waals surface area contributed by atoms with Gasteiger partial charge < -0.3 is 10.6 Å². The second-order valence-corrected chi connectivity index (χ2v) is 4.97. The highest BCUT2D eigenvalue weighted by molar-refractivity contribution is 5.94. The number of carbonyl (C=O) groups excluding carboxylic acids is 1. The number of hydrogen-bond acceptors (Lipinski definition) is 4. The number of nitrogens with zero attached hydrogens (tertiary/aromatic N) is 2. The standard InChI is InChI=1S/C16H20N4O/c1-11-4-6-14(7-5-11)16(21)18-9-8-17-15-10-19-12(2)13(3)20-15/h4-7,10H,8-9H2,1-3H3,(H,17,20)(H,18,21). The summed E-state index contributed by atoms with van der Waals surface area (Å²) < 4.78 is 0. The summed E-state index contributed by atoms with van der Waals surface area (Å²) in [4.78, 5) is 20.5. The van der Waals surface area contributed by atoms with Crippen LogP contribution in [-0.4, -0.2) is 29.0 Å². The fourth-order valence-electron chi connectivity index (χ4n) is 1.80. The Labute approximate surface area is 124 Å². The van der Waals surface area contributed by atoms with Gasteiger partial charge in [-0.25, -0.2) is 4.98 Å². The van der Waals surface area contributed by atoms with Gasteiger partial charge in [0.05, 0.1) is 17.6 Å². The molecular formula is C16H20N4O. The van der Waals surface area contributed by atoms with Crippen molar-refractivity contribution < 1.29 is 4.79 Å². The largest absolute Gasteiger partial charge is 0.367 e. The Morgan fingerprint density at radius 1 is 1.05 bits per heavy atom. The number of rotatable bonds is 5. The van der Waals surface area contributed by atoms with Crippen LogP contribution < -0.4 is 10.6 Å². The molecule has 0 saturated carbocycles. The minimum Gasteiger partial charge on any atom is -0.367 e. The minimum absolute atomic E-state index is 0.0667. The zero-order valence-electron chi connectivity index (χ0n) is 12.6. The lowest BCUT2D eigenvalue weighted by Crippen LogP contribution is -2.28. The van der Waals surface area contributed by atoms with Gasteiger partial charge >= 0.3 is 0 Å². The molecule has 0 spiro atoms. The van der Waals surface area contributed by atoms with E-state index in [4.69, 9.17) is 0 Å². The number of anilines is 1. The van der Waals surface area contributed by atoms with E-state index in [1.165, 1.54) is 0 Å². The third kappa shape index (κ3) is 4.27. The van der Waals surface area contributed by atoms with Gasteiger partial charge in [-0.3, -0.25) is 9.78 Å². The average Bonchev–Trinajstić information content (AvgIpc) is 2.47. The summed E-state index contributed by atoms with van der Waals surface area (Å²) in [6, 6.07) is 7.51. The Morgan fingerprint density at radius 3 is 2.43 bits per heavy atom. The molecule has 1 amide bonds. The zero-order chi connectivity index (χ0) is 15.2. The molecule has 0 atom stereocenters. The molecule has 2 N–H and O–H groups in total. The molecule has 5 nitrogen and oxygen atoms in total. The molecule has 0 bridgehead atoms. The summed E-state index contributed by atoms with van der Waals surface area (Å²) >= 11 is 0. The second-order valence-electron chi connectivity index (χ2n) is 4.97. The Balaban J connectivity index is 1.77. The van der Waals surface area contributed by atoms with E-state index in [1.54, 1.807) is 6.20 Å². The third-order valence-electron chi connectivity index (χ3n) is 3.22. The van der Waals surface area contributed by atoms with E-state index in [2.05, 4.69) is 20.6 Å². The predicted molar refractivity (Wildman–Crippen MR) is 83.5 cm³/mol. The molecule has 21 heavy (non-hydrogen) atoms. The van der Waals surface area contributed by atoms with Crippen LogP contribution >= 0.6 is 0 Å². The van der Waals surface area contributed by atoms with Crippen LogP contribution in [0.5, 0.6) is 0 Å². The molecule has 2 aromatic rings. The van der Waals surface area contributed by atoms with Crippen molar-refractivity contribution in [3.63, 3.8) is 0 Å². The molecule has 5 heteroatoms. The third-order valence-corrected chi connectivity index (χ3v) is 3.22. The van der Waals surface area contributed by atoms with Crippen molar-refractivity contribution in [2.24, 2.45) is 0 Å². The normalized spacial score (nSPS) is 10.2. The number of aromatic nitrogens is 2. The highest BCUT2D eigenvalue weighted by Crippen LogP contribution is 2.05. The van der Waals surface area contributed by atoms with Crippen molar-refractivity contribution in [3.05, 3.63) is 53.0 Å². The molecule has 0 radical (unpaired) electrons. The van der Waals surface area contributed by atoms with Crippen LogP contribution in [0.4, 0.5) is 5.82 Å². The summed E-state index contributed by atoms with van der Waals surface area (Å²) in [6.45, 7) is 6.98. The molecule has 0 unspecified atom stereocenters. The fraction of sp³-hybridized carbons (Fsp3) is 0.312. The highest BCUT2D eigenvalue weighted by Gasteiger charge is 2.04. The van der Waals surface area contributed by atoms with Crippen LogP contribution in [-0.2, 0) is 0 Å². The zero-order valence-corrected chi connectivity index (χ0v) is 12.6.